The van der Waals surface area contributed by atoms with Crippen LogP contribution < -0.4 is 10.3 Å². The zero-order chi connectivity index (χ0) is 17.5. The molecule has 0 aliphatic carbocycles. The number of hydrazone groups is 1. The van der Waals surface area contributed by atoms with Crippen molar-refractivity contribution in [1.29, 1.82) is 0 Å². The van der Waals surface area contributed by atoms with Gasteiger partial charge < -0.3 is 4.90 Å². The lowest BCUT2D eigenvalue weighted by Crippen LogP contribution is -2.28. The van der Waals surface area contributed by atoms with Crippen molar-refractivity contribution in [3.05, 3.63) is 29.3 Å². The number of hydrogen-bond donors (Lipinski definition) is 1. The molecule has 3 rings (SSSR count). The number of carbonyl (C=O) groups is 1. The number of alkyl halides is 5. The Bertz CT molecular complexity index is 699. The highest BCUT2D eigenvalue weighted by Gasteiger charge is 2.42. The highest BCUT2D eigenvalue weighted by molar-refractivity contribution is 6.04. The van der Waals surface area contributed by atoms with Gasteiger partial charge in [-0.3, -0.25) is 4.79 Å². The third kappa shape index (κ3) is 3.34. The van der Waals surface area contributed by atoms with Crippen LogP contribution >= 0.6 is 0 Å². The number of halogens is 5. The fraction of sp³-hybridized carbons (Fsp3) is 0.467. The van der Waals surface area contributed by atoms with E-state index in [-0.39, 0.29) is 36.5 Å². The van der Waals surface area contributed by atoms with Gasteiger partial charge in [0.1, 0.15) is 0 Å². The van der Waals surface area contributed by atoms with Crippen molar-refractivity contribution in [3.8, 4) is 0 Å². The van der Waals surface area contributed by atoms with Crippen LogP contribution in [0.2, 0.25) is 0 Å². The average molecular weight is 347 g/mol. The van der Waals surface area contributed by atoms with Crippen LogP contribution in [-0.4, -0.2) is 30.6 Å². The summed E-state index contributed by atoms with van der Waals surface area (Å²) >= 11 is 0. The van der Waals surface area contributed by atoms with Crippen LogP contribution in [0.5, 0.6) is 0 Å². The maximum absolute atomic E-state index is 13.4. The molecule has 130 valence electrons. The highest BCUT2D eigenvalue weighted by atomic mass is 19.4. The van der Waals surface area contributed by atoms with E-state index < -0.39 is 30.6 Å². The predicted molar refractivity (Wildman–Crippen MR) is 77.1 cm³/mol. The second-order valence-electron chi connectivity index (χ2n) is 5.85. The first-order valence-corrected chi connectivity index (χ1v) is 7.35. The van der Waals surface area contributed by atoms with Crippen LogP contribution in [0.3, 0.4) is 0 Å². The lowest BCUT2D eigenvalue weighted by Gasteiger charge is -2.24. The summed E-state index contributed by atoms with van der Waals surface area (Å²) in [5, 5.41) is 3.77. The van der Waals surface area contributed by atoms with E-state index in [2.05, 4.69) is 10.5 Å². The molecular formula is C15H14F5N3O. The summed E-state index contributed by atoms with van der Waals surface area (Å²) in [5.41, 5.74) is 1.54. The Kier molecular flexibility index (Phi) is 3.97. The number of rotatable bonds is 2. The van der Waals surface area contributed by atoms with Gasteiger partial charge in [0.25, 0.3) is 5.92 Å². The predicted octanol–water partition coefficient (Wildman–Crippen LogP) is 3.16. The SMILES string of the molecule is O=C1CCC(c2ccc(N3CCC(F)(F)C3)c(C(F)(F)F)c2)=NN1. The maximum atomic E-state index is 13.4. The first kappa shape index (κ1) is 16.7. The topological polar surface area (TPSA) is 44.7 Å². The Morgan fingerprint density at radius 3 is 2.50 bits per heavy atom. The molecular weight excluding hydrogens is 333 g/mol. The molecule has 1 amide bonds. The van der Waals surface area contributed by atoms with Crippen molar-refractivity contribution < 1.29 is 26.7 Å². The maximum Gasteiger partial charge on any atom is 0.418 e. The molecule has 9 heteroatoms. The van der Waals surface area contributed by atoms with Gasteiger partial charge in [0, 0.05) is 31.5 Å². The molecule has 0 bridgehead atoms. The van der Waals surface area contributed by atoms with Crippen LogP contribution in [-0.2, 0) is 11.0 Å². The minimum absolute atomic E-state index is 0.133. The molecule has 1 N–H and O–H groups in total. The summed E-state index contributed by atoms with van der Waals surface area (Å²) in [6.45, 7) is -0.862. The smallest absolute Gasteiger partial charge is 0.365 e. The monoisotopic (exact) mass is 347 g/mol. The van der Waals surface area contributed by atoms with E-state index in [4.69, 9.17) is 0 Å². The molecule has 0 radical (unpaired) electrons. The van der Waals surface area contributed by atoms with Crippen molar-refractivity contribution in [2.24, 2.45) is 5.10 Å². The van der Waals surface area contributed by atoms with Gasteiger partial charge in [-0.1, -0.05) is 6.07 Å². The van der Waals surface area contributed by atoms with Gasteiger partial charge in [-0.05, 0) is 17.7 Å². The van der Waals surface area contributed by atoms with E-state index >= 15 is 0 Å². The third-order valence-electron chi connectivity index (χ3n) is 4.05. The molecule has 4 nitrogen and oxygen atoms in total. The second-order valence-corrected chi connectivity index (χ2v) is 5.85. The van der Waals surface area contributed by atoms with E-state index in [0.717, 1.165) is 11.0 Å². The summed E-state index contributed by atoms with van der Waals surface area (Å²) < 4.78 is 66.8. The Morgan fingerprint density at radius 1 is 1.21 bits per heavy atom. The molecule has 0 atom stereocenters. The summed E-state index contributed by atoms with van der Waals surface area (Å²) in [6.07, 6.45) is -4.78. The van der Waals surface area contributed by atoms with Crippen molar-refractivity contribution >= 4 is 17.3 Å². The summed E-state index contributed by atoms with van der Waals surface area (Å²) in [7, 11) is 0. The summed E-state index contributed by atoms with van der Waals surface area (Å²) in [6, 6.07) is 3.51. The average Bonchev–Trinajstić information content (AvgIpc) is 2.87. The minimum Gasteiger partial charge on any atom is -0.365 e. The number of amides is 1. The Hall–Kier alpha value is -2.19. The van der Waals surface area contributed by atoms with E-state index in [1.807, 2.05) is 0 Å². The van der Waals surface area contributed by atoms with Crippen LogP contribution in [0.15, 0.2) is 23.3 Å². The molecule has 2 aliphatic heterocycles. The fourth-order valence-corrected chi connectivity index (χ4v) is 2.84. The van der Waals surface area contributed by atoms with E-state index in [1.165, 1.54) is 12.1 Å². The molecule has 0 unspecified atom stereocenters. The van der Waals surface area contributed by atoms with Crippen molar-refractivity contribution in [2.75, 3.05) is 18.0 Å². The highest BCUT2D eigenvalue weighted by Crippen LogP contribution is 2.40. The van der Waals surface area contributed by atoms with Gasteiger partial charge >= 0.3 is 6.18 Å². The standard InChI is InChI=1S/C15H14F5N3O/c16-14(17)5-6-23(8-14)12-3-1-9(7-10(12)15(18,19)20)11-2-4-13(24)22-21-11/h1,3,7H,2,4-6,8H2,(H,22,24). The molecule has 2 aliphatic rings. The zero-order valence-electron chi connectivity index (χ0n) is 12.5. The molecule has 1 aromatic carbocycles. The van der Waals surface area contributed by atoms with Gasteiger partial charge in [-0.2, -0.15) is 18.3 Å². The zero-order valence-corrected chi connectivity index (χ0v) is 12.5. The molecule has 1 fully saturated rings. The van der Waals surface area contributed by atoms with Gasteiger partial charge in [-0.15, -0.1) is 0 Å². The second kappa shape index (κ2) is 5.71. The fourth-order valence-electron chi connectivity index (χ4n) is 2.84. The van der Waals surface area contributed by atoms with Crippen LogP contribution in [0.25, 0.3) is 0 Å². The van der Waals surface area contributed by atoms with E-state index in [0.29, 0.717) is 5.71 Å². The van der Waals surface area contributed by atoms with E-state index in [1.54, 1.807) is 0 Å². The molecule has 1 aromatic rings. The van der Waals surface area contributed by atoms with Crippen LogP contribution in [0.1, 0.15) is 30.4 Å². The van der Waals surface area contributed by atoms with Crippen molar-refractivity contribution in [2.45, 2.75) is 31.4 Å². The van der Waals surface area contributed by atoms with Crippen molar-refractivity contribution in [1.82, 2.24) is 5.43 Å². The number of anilines is 1. The summed E-state index contributed by atoms with van der Waals surface area (Å²) in [4.78, 5) is 12.1. The number of benzene rings is 1. The van der Waals surface area contributed by atoms with Gasteiger partial charge in [0.05, 0.1) is 17.8 Å². The van der Waals surface area contributed by atoms with Crippen molar-refractivity contribution in [3.63, 3.8) is 0 Å². The lowest BCUT2D eigenvalue weighted by molar-refractivity contribution is -0.137. The Labute approximate surface area is 134 Å². The summed E-state index contributed by atoms with van der Waals surface area (Å²) in [5.74, 6) is -3.29. The van der Waals surface area contributed by atoms with Gasteiger partial charge in [0.15, 0.2) is 0 Å². The van der Waals surface area contributed by atoms with Gasteiger partial charge in [0.2, 0.25) is 5.91 Å². The number of nitrogens with zero attached hydrogens (tertiary/aromatic N) is 2. The van der Waals surface area contributed by atoms with Crippen LogP contribution in [0.4, 0.5) is 27.6 Å². The third-order valence-corrected chi connectivity index (χ3v) is 4.05. The van der Waals surface area contributed by atoms with Gasteiger partial charge in [-0.25, -0.2) is 14.2 Å². The molecule has 1 saturated heterocycles. The molecule has 24 heavy (non-hydrogen) atoms. The number of carbonyl (C=O) groups excluding carboxylic acids is 1. The Balaban J connectivity index is 1.98. The lowest BCUT2D eigenvalue weighted by atomic mass is 10.00. The number of nitrogens with one attached hydrogen (secondary N) is 1. The quantitative estimate of drug-likeness (QED) is 0.836. The molecule has 0 spiro atoms. The Morgan fingerprint density at radius 2 is 1.96 bits per heavy atom. The molecule has 0 saturated carbocycles. The van der Waals surface area contributed by atoms with E-state index in [9.17, 15) is 26.7 Å². The van der Waals surface area contributed by atoms with Crippen LogP contribution in [0, 0.1) is 0 Å². The first-order chi connectivity index (χ1) is 11.2. The first-order valence-electron chi connectivity index (χ1n) is 7.35. The largest absolute Gasteiger partial charge is 0.418 e. The number of hydrogen-bond acceptors (Lipinski definition) is 3. The molecule has 0 aromatic heterocycles. The minimum atomic E-state index is -4.68. The normalized spacial score (nSPS) is 20.8. The molecule has 2 heterocycles.